The molecule has 0 heterocycles. The van der Waals surface area contributed by atoms with Gasteiger partial charge in [0.25, 0.3) is 0 Å². The SMILES string of the molecule is CC1CCC(CNCCS(=O)(=O)C(C)(C)C)CC1. The monoisotopic (exact) mass is 275 g/mol. The lowest BCUT2D eigenvalue weighted by Crippen LogP contribution is -2.36. The van der Waals surface area contributed by atoms with Crippen molar-refractivity contribution in [1.29, 1.82) is 0 Å². The van der Waals surface area contributed by atoms with Crippen LogP contribution in [0, 0.1) is 11.8 Å². The van der Waals surface area contributed by atoms with E-state index < -0.39 is 14.6 Å². The summed E-state index contributed by atoms with van der Waals surface area (Å²) < 4.78 is 23.2. The van der Waals surface area contributed by atoms with Gasteiger partial charge in [-0.2, -0.15) is 0 Å². The van der Waals surface area contributed by atoms with E-state index in [1.807, 2.05) is 0 Å². The van der Waals surface area contributed by atoms with Crippen LogP contribution in [0.4, 0.5) is 0 Å². The molecule has 0 spiro atoms. The fraction of sp³-hybridized carbons (Fsp3) is 1.00. The van der Waals surface area contributed by atoms with Crippen LogP contribution in [0.15, 0.2) is 0 Å². The maximum absolute atomic E-state index is 11.9. The summed E-state index contributed by atoms with van der Waals surface area (Å²) in [5.41, 5.74) is 0. The first-order chi connectivity index (χ1) is 8.22. The molecule has 0 amide bonds. The van der Waals surface area contributed by atoms with Gasteiger partial charge < -0.3 is 5.32 Å². The molecule has 0 radical (unpaired) electrons. The van der Waals surface area contributed by atoms with Gasteiger partial charge in [0.1, 0.15) is 0 Å². The lowest BCUT2D eigenvalue weighted by molar-refractivity contribution is 0.283. The smallest absolute Gasteiger partial charge is 0.156 e. The Labute approximate surface area is 113 Å². The van der Waals surface area contributed by atoms with Crippen molar-refractivity contribution in [3.8, 4) is 0 Å². The summed E-state index contributed by atoms with van der Waals surface area (Å²) in [6.07, 6.45) is 5.24. The van der Waals surface area contributed by atoms with E-state index in [1.54, 1.807) is 20.8 Å². The topological polar surface area (TPSA) is 46.2 Å². The highest BCUT2D eigenvalue weighted by molar-refractivity contribution is 7.92. The summed E-state index contributed by atoms with van der Waals surface area (Å²) >= 11 is 0. The van der Waals surface area contributed by atoms with E-state index in [2.05, 4.69) is 12.2 Å². The van der Waals surface area contributed by atoms with Crippen molar-refractivity contribution in [2.45, 2.75) is 58.1 Å². The second-order valence-electron chi connectivity index (χ2n) is 6.76. The Hall–Kier alpha value is -0.0900. The number of hydrogen-bond acceptors (Lipinski definition) is 3. The van der Waals surface area contributed by atoms with E-state index in [9.17, 15) is 8.42 Å². The Balaban J connectivity index is 2.20. The van der Waals surface area contributed by atoms with Gasteiger partial charge in [-0.3, -0.25) is 0 Å². The third-order valence-corrected chi connectivity index (χ3v) is 6.66. The second-order valence-corrected chi connectivity index (χ2v) is 9.62. The van der Waals surface area contributed by atoms with Gasteiger partial charge >= 0.3 is 0 Å². The Morgan fingerprint density at radius 1 is 1.11 bits per heavy atom. The Bertz CT molecular complexity index is 335. The predicted octanol–water partition coefficient (Wildman–Crippen LogP) is 2.62. The van der Waals surface area contributed by atoms with Crippen molar-refractivity contribution in [3.05, 3.63) is 0 Å². The van der Waals surface area contributed by atoms with E-state index in [-0.39, 0.29) is 5.75 Å². The van der Waals surface area contributed by atoms with Crippen molar-refractivity contribution >= 4 is 9.84 Å². The van der Waals surface area contributed by atoms with Crippen LogP contribution < -0.4 is 5.32 Å². The number of nitrogens with one attached hydrogen (secondary N) is 1. The molecule has 1 fully saturated rings. The summed E-state index contributed by atoms with van der Waals surface area (Å²) in [4.78, 5) is 0. The molecule has 1 aliphatic carbocycles. The molecule has 1 aliphatic rings. The fourth-order valence-electron chi connectivity index (χ4n) is 2.35. The van der Waals surface area contributed by atoms with Crippen LogP contribution in [0.2, 0.25) is 0 Å². The van der Waals surface area contributed by atoms with Gasteiger partial charge in [0.05, 0.1) is 10.5 Å². The average Bonchev–Trinajstić information content (AvgIpc) is 2.25. The molecule has 4 heteroatoms. The van der Waals surface area contributed by atoms with Gasteiger partial charge in [0.15, 0.2) is 9.84 Å². The van der Waals surface area contributed by atoms with E-state index in [4.69, 9.17) is 0 Å². The van der Waals surface area contributed by atoms with E-state index in [0.717, 1.165) is 18.4 Å². The van der Waals surface area contributed by atoms with Crippen molar-refractivity contribution in [2.24, 2.45) is 11.8 Å². The highest BCUT2D eigenvalue weighted by atomic mass is 32.2. The molecule has 18 heavy (non-hydrogen) atoms. The Morgan fingerprint density at radius 3 is 2.17 bits per heavy atom. The molecule has 3 nitrogen and oxygen atoms in total. The predicted molar refractivity (Wildman–Crippen MR) is 77.5 cm³/mol. The molecule has 0 atom stereocenters. The third kappa shape index (κ3) is 4.88. The minimum Gasteiger partial charge on any atom is -0.315 e. The van der Waals surface area contributed by atoms with Gasteiger partial charge in [0.2, 0.25) is 0 Å². The first kappa shape index (κ1) is 16.0. The van der Waals surface area contributed by atoms with E-state index >= 15 is 0 Å². The zero-order valence-corrected chi connectivity index (χ0v) is 13.1. The minimum atomic E-state index is -2.97. The van der Waals surface area contributed by atoms with Crippen LogP contribution in [0.5, 0.6) is 0 Å². The summed E-state index contributed by atoms with van der Waals surface area (Å²) in [5, 5.41) is 3.32. The molecule has 0 aliphatic heterocycles. The quantitative estimate of drug-likeness (QED) is 0.785. The van der Waals surface area contributed by atoms with Crippen LogP contribution >= 0.6 is 0 Å². The molecule has 0 aromatic rings. The van der Waals surface area contributed by atoms with Crippen molar-refractivity contribution < 1.29 is 8.42 Å². The van der Waals surface area contributed by atoms with Gasteiger partial charge in [-0.05, 0) is 52.0 Å². The normalized spacial score (nSPS) is 26.2. The van der Waals surface area contributed by atoms with Crippen LogP contribution in [-0.4, -0.2) is 32.0 Å². The summed E-state index contributed by atoms with van der Waals surface area (Å²) in [6.45, 7) is 9.19. The number of sulfone groups is 1. The second kappa shape index (κ2) is 6.38. The fourth-order valence-corrected chi connectivity index (χ4v) is 3.38. The third-order valence-electron chi connectivity index (χ3n) is 4.05. The van der Waals surface area contributed by atoms with Crippen LogP contribution in [0.25, 0.3) is 0 Å². The largest absolute Gasteiger partial charge is 0.315 e. The van der Waals surface area contributed by atoms with Gasteiger partial charge in [0, 0.05) is 6.54 Å². The Kier molecular flexibility index (Phi) is 5.66. The molecular weight excluding hydrogens is 246 g/mol. The maximum Gasteiger partial charge on any atom is 0.156 e. The Morgan fingerprint density at radius 2 is 1.67 bits per heavy atom. The number of hydrogen-bond donors (Lipinski definition) is 1. The standard InChI is InChI=1S/C14H29NO2S/c1-12-5-7-13(8-6-12)11-15-9-10-18(16,17)14(2,3)4/h12-13,15H,5-11H2,1-4H3. The van der Waals surface area contributed by atoms with Gasteiger partial charge in [-0.15, -0.1) is 0 Å². The van der Waals surface area contributed by atoms with Crippen LogP contribution in [-0.2, 0) is 9.84 Å². The molecule has 1 rings (SSSR count). The zero-order chi connectivity index (χ0) is 13.8. The average molecular weight is 275 g/mol. The molecule has 1 N–H and O–H groups in total. The van der Waals surface area contributed by atoms with Crippen molar-refractivity contribution in [1.82, 2.24) is 5.32 Å². The van der Waals surface area contributed by atoms with E-state index in [1.165, 1.54) is 25.7 Å². The molecule has 108 valence electrons. The van der Waals surface area contributed by atoms with Gasteiger partial charge in [-0.25, -0.2) is 8.42 Å². The van der Waals surface area contributed by atoms with Gasteiger partial charge in [-0.1, -0.05) is 19.8 Å². The molecule has 0 bridgehead atoms. The van der Waals surface area contributed by atoms with Crippen molar-refractivity contribution in [3.63, 3.8) is 0 Å². The number of rotatable bonds is 5. The molecule has 0 unspecified atom stereocenters. The maximum atomic E-state index is 11.9. The first-order valence-corrected chi connectivity index (χ1v) is 8.80. The first-order valence-electron chi connectivity index (χ1n) is 7.15. The molecule has 0 saturated heterocycles. The highest BCUT2D eigenvalue weighted by Gasteiger charge is 2.28. The summed E-state index contributed by atoms with van der Waals surface area (Å²) in [6, 6.07) is 0. The van der Waals surface area contributed by atoms with Crippen molar-refractivity contribution in [2.75, 3.05) is 18.8 Å². The molecule has 0 aromatic heterocycles. The molecule has 1 saturated carbocycles. The van der Waals surface area contributed by atoms with Crippen LogP contribution in [0.3, 0.4) is 0 Å². The lowest BCUT2D eigenvalue weighted by atomic mass is 9.83. The summed E-state index contributed by atoms with van der Waals surface area (Å²) in [5.74, 6) is 1.88. The zero-order valence-electron chi connectivity index (χ0n) is 12.3. The van der Waals surface area contributed by atoms with Crippen LogP contribution in [0.1, 0.15) is 53.4 Å². The minimum absolute atomic E-state index is 0.250. The highest BCUT2D eigenvalue weighted by Crippen LogP contribution is 2.27. The molecular formula is C14H29NO2S. The van der Waals surface area contributed by atoms with E-state index in [0.29, 0.717) is 6.54 Å². The molecule has 0 aromatic carbocycles. The lowest BCUT2D eigenvalue weighted by Gasteiger charge is -2.26. The summed E-state index contributed by atoms with van der Waals surface area (Å²) in [7, 11) is -2.97.